The van der Waals surface area contributed by atoms with Crippen molar-refractivity contribution in [3.8, 4) is 0 Å². The summed E-state index contributed by atoms with van der Waals surface area (Å²) in [4.78, 5) is 0. The molecule has 0 saturated carbocycles. The minimum Gasteiger partial charge on any atom is -0.327 e. The summed E-state index contributed by atoms with van der Waals surface area (Å²) in [5, 5.41) is 0. The summed E-state index contributed by atoms with van der Waals surface area (Å²) in [5.74, 6) is 1.64. The second-order valence-electron chi connectivity index (χ2n) is 1.01. The molecular weight excluding hydrogens is 82.1 g/mol. The monoisotopic (exact) mass is 90.0 g/mol. The van der Waals surface area contributed by atoms with Crippen molar-refractivity contribution in [2.24, 2.45) is 5.73 Å². The van der Waals surface area contributed by atoms with Crippen molar-refractivity contribution in [1.82, 2.24) is 0 Å². The van der Waals surface area contributed by atoms with E-state index in [0.29, 0.717) is 0 Å². The van der Waals surface area contributed by atoms with Crippen LogP contribution in [0.5, 0.6) is 0 Å². The molecule has 0 saturated heterocycles. The van der Waals surface area contributed by atoms with Crippen LogP contribution in [0.4, 0.5) is 0 Å². The van der Waals surface area contributed by atoms with Crippen molar-refractivity contribution in [1.29, 1.82) is 0 Å². The molecule has 31 valence electrons. The van der Waals surface area contributed by atoms with Crippen molar-refractivity contribution in [3.05, 3.63) is 5.75 Å². The first-order chi connectivity index (χ1) is 2.27. The Morgan fingerprint density at radius 3 is 2.20 bits per heavy atom. The van der Waals surface area contributed by atoms with Gasteiger partial charge in [-0.25, -0.2) is 0 Å². The lowest BCUT2D eigenvalue weighted by molar-refractivity contribution is 0.909. The predicted molar refractivity (Wildman–Crippen MR) is 26.9 cm³/mol. The molecule has 2 heteroatoms. The van der Waals surface area contributed by atoms with Crippen LogP contribution in [0.15, 0.2) is 0 Å². The van der Waals surface area contributed by atoms with Gasteiger partial charge in [-0.15, -0.1) is 0 Å². The first kappa shape index (κ1) is 5.31. The third kappa shape index (κ3) is 4.31. The van der Waals surface area contributed by atoms with Gasteiger partial charge in [-0.2, -0.15) is 12.6 Å². The van der Waals surface area contributed by atoms with Gasteiger partial charge in [-0.3, -0.25) is 0 Å². The van der Waals surface area contributed by atoms with Crippen LogP contribution in [0.25, 0.3) is 0 Å². The number of hydrogen-bond donors (Lipinski definition) is 2. The van der Waals surface area contributed by atoms with Crippen molar-refractivity contribution in [2.45, 2.75) is 13.0 Å². The van der Waals surface area contributed by atoms with E-state index in [9.17, 15) is 0 Å². The zero-order chi connectivity index (χ0) is 4.28. The van der Waals surface area contributed by atoms with Gasteiger partial charge in [0, 0.05) is 11.8 Å². The highest BCUT2D eigenvalue weighted by Crippen LogP contribution is 1.84. The van der Waals surface area contributed by atoms with Gasteiger partial charge in [0.1, 0.15) is 0 Å². The van der Waals surface area contributed by atoms with Crippen LogP contribution in [-0.2, 0) is 0 Å². The fourth-order valence-electron chi connectivity index (χ4n) is 0. The van der Waals surface area contributed by atoms with E-state index in [1.54, 1.807) is 5.75 Å². The van der Waals surface area contributed by atoms with Crippen LogP contribution < -0.4 is 5.73 Å². The van der Waals surface area contributed by atoms with E-state index in [1.807, 2.05) is 6.92 Å². The molecule has 0 aliphatic carbocycles. The molecule has 1 unspecified atom stereocenters. The quantitative estimate of drug-likeness (QED) is 0.448. The molecule has 0 aromatic carbocycles. The number of rotatable bonds is 1. The molecule has 0 bridgehead atoms. The molecule has 2 N–H and O–H groups in total. The molecule has 0 aliphatic rings. The standard InChI is InChI=1S/C3H8NS/c1-3(4)2-5/h2-3,5H,4H2,1H3. The molecule has 0 aliphatic heterocycles. The van der Waals surface area contributed by atoms with Crippen molar-refractivity contribution in [3.63, 3.8) is 0 Å². The highest BCUT2D eigenvalue weighted by atomic mass is 32.1. The van der Waals surface area contributed by atoms with Crippen molar-refractivity contribution < 1.29 is 0 Å². The zero-order valence-corrected chi connectivity index (χ0v) is 4.07. The van der Waals surface area contributed by atoms with Gasteiger partial charge in [0.15, 0.2) is 0 Å². The van der Waals surface area contributed by atoms with Gasteiger partial charge < -0.3 is 5.73 Å². The maximum absolute atomic E-state index is 5.16. The molecule has 1 atom stereocenters. The topological polar surface area (TPSA) is 26.0 Å². The highest BCUT2D eigenvalue weighted by Gasteiger charge is 1.81. The number of hydrogen-bond acceptors (Lipinski definition) is 2. The van der Waals surface area contributed by atoms with Crippen molar-refractivity contribution in [2.75, 3.05) is 0 Å². The Morgan fingerprint density at radius 2 is 2.20 bits per heavy atom. The highest BCUT2D eigenvalue weighted by molar-refractivity contribution is 7.82. The van der Waals surface area contributed by atoms with E-state index in [1.165, 1.54) is 0 Å². The maximum Gasteiger partial charge on any atom is 0.0297 e. The molecule has 1 nitrogen and oxygen atoms in total. The Labute approximate surface area is 38.0 Å². The normalized spacial score (nSPS) is 15.0. The van der Waals surface area contributed by atoms with Gasteiger partial charge >= 0.3 is 0 Å². The molecule has 1 radical (unpaired) electrons. The zero-order valence-electron chi connectivity index (χ0n) is 3.18. The molecule has 0 rings (SSSR count). The van der Waals surface area contributed by atoms with Gasteiger partial charge in [0.2, 0.25) is 0 Å². The maximum atomic E-state index is 5.16. The van der Waals surface area contributed by atoms with E-state index in [-0.39, 0.29) is 6.04 Å². The second-order valence-corrected chi connectivity index (χ2v) is 1.31. The summed E-state index contributed by atoms with van der Waals surface area (Å²) in [7, 11) is 0. The molecule has 0 aromatic rings. The smallest absolute Gasteiger partial charge is 0.0297 e. The average Bonchev–Trinajstić information content (AvgIpc) is 1.38. The molecule has 0 amide bonds. The van der Waals surface area contributed by atoms with E-state index < -0.39 is 0 Å². The molecule has 0 heterocycles. The summed E-state index contributed by atoms with van der Waals surface area (Å²) < 4.78 is 0. The van der Waals surface area contributed by atoms with E-state index in [4.69, 9.17) is 5.73 Å². The largest absolute Gasteiger partial charge is 0.327 e. The fraction of sp³-hybridized carbons (Fsp3) is 0.667. The minimum atomic E-state index is 0.123. The Kier molecular flexibility index (Phi) is 2.70. The fourth-order valence-corrected chi connectivity index (χ4v) is 0. The number of thiol groups is 1. The lowest BCUT2D eigenvalue weighted by Gasteiger charge is -1.90. The summed E-state index contributed by atoms with van der Waals surface area (Å²) >= 11 is 3.77. The summed E-state index contributed by atoms with van der Waals surface area (Å²) in [5.41, 5.74) is 5.16. The Hall–Kier alpha value is 0.310. The minimum absolute atomic E-state index is 0.123. The lowest BCUT2D eigenvalue weighted by Crippen LogP contribution is -2.11. The predicted octanol–water partition coefficient (Wildman–Crippen LogP) is 0.425. The van der Waals surface area contributed by atoms with Crippen LogP contribution in [-0.4, -0.2) is 6.04 Å². The van der Waals surface area contributed by atoms with E-state index >= 15 is 0 Å². The SMILES string of the molecule is CC(N)[CH]S. The molecule has 0 fully saturated rings. The summed E-state index contributed by atoms with van der Waals surface area (Å²) in [6.45, 7) is 1.87. The Bertz CT molecular complexity index is 20.9. The molecule has 0 spiro atoms. The Balaban J connectivity index is 2.54. The first-order valence-electron chi connectivity index (χ1n) is 1.50. The second kappa shape index (κ2) is 2.54. The summed E-state index contributed by atoms with van der Waals surface area (Å²) in [6.07, 6.45) is 0. The van der Waals surface area contributed by atoms with Crippen LogP contribution >= 0.6 is 12.6 Å². The molecular formula is C3H8NS. The van der Waals surface area contributed by atoms with Gasteiger partial charge in [0.25, 0.3) is 0 Å². The van der Waals surface area contributed by atoms with Crippen molar-refractivity contribution >= 4 is 12.6 Å². The molecule has 5 heavy (non-hydrogen) atoms. The first-order valence-corrected chi connectivity index (χ1v) is 2.02. The lowest BCUT2D eigenvalue weighted by atomic mass is 10.4. The number of nitrogens with two attached hydrogens (primary N) is 1. The van der Waals surface area contributed by atoms with Crippen LogP contribution in [0, 0.1) is 5.75 Å². The van der Waals surface area contributed by atoms with Gasteiger partial charge in [0.05, 0.1) is 0 Å². The van der Waals surface area contributed by atoms with Crippen LogP contribution in [0.1, 0.15) is 6.92 Å². The van der Waals surface area contributed by atoms with E-state index in [0.717, 1.165) is 0 Å². The van der Waals surface area contributed by atoms with Crippen LogP contribution in [0.2, 0.25) is 0 Å². The van der Waals surface area contributed by atoms with Gasteiger partial charge in [-0.05, 0) is 6.92 Å². The third-order valence-corrected chi connectivity index (χ3v) is 0.705. The van der Waals surface area contributed by atoms with Gasteiger partial charge in [-0.1, -0.05) is 0 Å². The summed E-state index contributed by atoms with van der Waals surface area (Å²) in [6, 6.07) is 0.123. The van der Waals surface area contributed by atoms with Crippen LogP contribution in [0.3, 0.4) is 0 Å². The average molecular weight is 90.2 g/mol. The van der Waals surface area contributed by atoms with E-state index in [2.05, 4.69) is 12.6 Å². The molecule has 0 aromatic heterocycles. The third-order valence-electron chi connectivity index (χ3n) is 0.235. The Morgan fingerprint density at radius 1 is 2.00 bits per heavy atom.